The van der Waals surface area contributed by atoms with E-state index in [9.17, 15) is 4.39 Å². The molecule has 5 heteroatoms. The number of anilines is 1. The van der Waals surface area contributed by atoms with Gasteiger partial charge in [0.15, 0.2) is 5.82 Å². The first-order valence-electron chi connectivity index (χ1n) is 5.05. The zero-order valence-electron chi connectivity index (χ0n) is 9.13. The van der Waals surface area contributed by atoms with Crippen LogP contribution >= 0.6 is 0 Å². The summed E-state index contributed by atoms with van der Waals surface area (Å²) in [5, 5.41) is 3.16. The fourth-order valence-electron chi connectivity index (χ4n) is 1.29. The lowest BCUT2D eigenvalue weighted by Crippen LogP contribution is -2.37. The molecule has 84 valence electrons. The summed E-state index contributed by atoms with van der Waals surface area (Å²) in [6.45, 7) is 4.71. The summed E-state index contributed by atoms with van der Waals surface area (Å²) in [5.41, 5.74) is 5.39. The van der Waals surface area contributed by atoms with Gasteiger partial charge in [0.1, 0.15) is 0 Å². The molecule has 1 heterocycles. The first-order chi connectivity index (χ1) is 7.09. The van der Waals surface area contributed by atoms with E-state index in [2.05, 4.69) is 22.2 Å². The molecule has 1 atom stereocenters. The van der Waals surface area contributed by atoms with E-state index in [1.54, 1.807) is 0 Å². The Balaban J connectivity index is 2.70. The number of hydrogen-bond donors (Lipinski definition) is 2. The zero-order chi connectivity index (χ0) is 11.3. The average Bonchev–Trinajstić information content (AvgIpc) is 2.22. The SMILES string of the molecule is CCC(C)(CCN)Nc1ncc(F)cn1. The van der Waals surface area contributed by atoms with Gasteiger partial charge in [0.2, 0.25) is 5.95 Å². The third kappa shape index (κ3) is 3.43. The summed E-state index contributed by atoms with van der Waals surface area (Å²) in [4.78, 5) is 7.71. The van der Waals surface area contributed by atoms with E-state index in [-0.39, 0.29) is 5.54 Å². The smallest absolute Gasteiger partial charge is 0.223 e. The lowest BCUT2D eigenvalue weighted by atomic mass is 9.95. The van der Waals surface area contributed by atoms with Gasteiger partial charge in [0.25, 0.3) is 0 Å². The number of aromatic nitrogens is 2. The number of nitrogens with zero attached hydrogens (tertiary/aromatic N) is 2. The van der Waals surface area contributed by atoms with Crippen molar-refractivity contribution < 1.29 is 4.39 Å². The molecule has 15 heavy (non-hydrogen) atoms. The van der Waals surface area contributed by atoms with Crippen molar-refractivity contribution in [1.29, 1.82) is 0 Å². The van der Waals surface area contributed by atoms with Crippen LogP contribution in [0.2, 0.25) is 0 Å². The highest BCUT2D eigenvalue weighted by Crippen LogP contribution is 2.18. The molecular formula is C10H17FN4. The normalized spacial score (nSPS) is 14.7. The van der Waals surface area contributed by atoms with Crippen LogP contribution in [0, 0.1) is 5.82 Å². The molecule has 0 saturated carbocycles. The number of halogens is 1. The molecule has 0 saturated heterocycles. The third-order valence-electron chi connectivity index (χ3n) is 2.51. The maximum absolute atomic E-state index is 12.6. The first-order valence-corrected chi connectivity index (χ1v) is 5.05. The maximum atomic E-state index is 12.6. The molecule has 1 aromatic heterocycles. The minimum absolute atomic E-state index is 0.132. The fourth-order valence-corrected chi connectivity index (χ4v) is 1.29. The Morgan fingerprint density at radius 3 is 2.53 bits per heavy atom. The first kappa shape index (κ1) is 11.8. The summed E-state index contributed by atoms with van der Waals surface area (Å²) in [5.74, 6) is 0.00627. The van der Waals surface area contributed by atoms with E-state index in [4.69, 9.17) is 5.73 Å². The Morgan fingerprint density at radius 2 is 2.07 bits per heavy atom. The van der Waals surface area contributed by atoms with E-state index in [0.29, 0.717) is 12.5 Å². The van der Waals surface area contributed by atoms with Crippen LogP contribution in [0.5, 0.6) is 0 Å². The van der Waals surface area contributed by atoms with E-state index in [1.807, 2.05) is 6.92 Å². The van der Waals surface area contributed by atoms with Gasteiger partial charge >= 0.3 is 0 Å². The molecule has 0 bridgehead atoms. The van der Waals surface area contributed by atoms with Crippen LogP contribution in [-0.4, -0.2) is 22.1 Å². The molecule has 1 aromatic rings. The topological polar surface area (TPSA) is 63.8 Å². The molecule has 3 N–H and O–H groups in total. The minimum atomic E-state index is -0.433. The van der Waals surface area contributed by atoms with Gasteiger partial charge in [0.05, 0.1) is 12.4 Å². The predicted octanol–water partition coefficient (Wildman–Crippen LogP) is 1.55. The minimum Gasteiger partial charge on any atom is -0.349 e. The Kier molecular flexibility index (Phi) is 3.96. The molecule has 0 spiro atoms. The Labute approximate surface area is 89.1 Å². The number of nitrogens with two attached hydrogens (primary N) is 1. The van der Waals surface area contributed by atoms with Crippen molar-refractivity contribution in [2.45, 2.75) is 32.2 Å². The fraction of sp³-hybridized carbons (Fsp3) is 0.600. The third-order valence-corrected chi connectivity index (χ3v) is 2.51. The van der Waals surface area contributed by atoms with Crippen molar-refractivity contribution in [2.24, 2.45) is 5.73 Å². The highest BCUT2D eigenvalue weighted by atomic mass is 19.1. The van der Waals surface area contributed by atoms with Gasteiger partial charge in [-0.3, -0.25) is 0 Å². The van der Waals surface area contributed by atoms with Gasteiger partial charge in [-0.05, 0) is 26.3 Å². The van der Waals surface area contributed by atoms with Crippen LogP contribution in [-0.2, 0) is 0 Å². The molecule has 0 fully saturated rings. The summed E-state index contributed by atoms with van der Waals surface area (Å²) >= 11 is 0. The summed E-state index contributed by atoms with van der Waals surface area (Å²) in [7, 11) is 0. The molecule has 0 aliphatic rings. The lowest BCUT2D eigenvalue weighted by molar-refractivity contribution is 0.459. The van der Waals surface area contributed by atoms with Crippen LogP contribution in [0.25, 0.3) is 0 Å². The average molecular weight is 212 g/mol. The van der Waals surface area contributed by atoms with Crippen molar-refractivity contribution in [3.8, 4) is 0 Å². The molecule has 0 aromatic carbocycles. The van der Waals surface area contributed by atoms with Crippen LogP contribution in [0.1, 0.15) is 26.7 Å². The molecule has 0 aliphatic heterocycles. The van der Waals surface area contributed by atoms with Crippen LogP contribution in [0.4, 0.5) is 10.3 Å². The molecule has 1 unspecified atom stereocenters. The van der Waals surface area contributed by atoms with Crippen molar-refractivity contribution in [3.63, 3.8) is 0 Å². The highest BCUT2D eigenvalue weighted by molar-refractivity contribution is 5.27. The van der Waals surface area contributed by atoms with Gasteiger partial charge in [-0.1, -0.05) is 6.92 Å². The van der Waals surface area contributed by atoms with Gasteiger partial charge in [-0.2, -0.15) is 0 Å². The van der Waals surface area contributed by atoms with E-state index in [1.165, 1.54) is 0 Å². The van der Waals surface area contributed by atoms with Crippen molar-refractivity contribution in [1.82, 2.24) is 9.97 Å². The van der Waals surface area contributed by atoms with E-state index >= 15 is 0 Å². The van der Waals surface area contributed by atoms with Crippen molar-refractivity contribution in [2.75, 3.05) is 11.9 Å². The Morgan fingerprint density at radius 1 is 1.47 bits per heavy atom. The second-order valence-electron chi connectivity index (χ2n) is 3.80. The lowest BCUT2D eigenvalue weighted by Gasteiger charge is -2.29. The van der Waals surface area contributed by atoms with Gasteiger partial charge in [0, 0.05) is 5.54 Å². The standard InChI is InChI=1S/C10H17FN4/c1-3-10(2,4-5-12)15-9-13-6-8(11)7-14-9/h6-7H,3-5,12H2,1-2H3,(H,13,14,15). The second kappa shape index (κ2) is 5.02. The monoisotopic (exact) mass is 212 g/mol. The van der Waals surface area contributed by atoms with Crippen molar-refractivity contribution in [3.05, 3.63) is 18.2 Å². The maximum Gasteiger partial charge on any atom is 0.223 e. The molecular weight excluding hydrogens is 195 g/mol. The summed E-state index contributed by atoms with van der Waals surface area (Å²) < 4.78 is 12.6. The van der Waals surface area contributed by atoms with Gasteiger partial charge in [-0.15, -0.1) is 0 Å². The quantitative estimate of drug-likeness (QED) is 0.777. The Bertz CT molecular complexity index is 301. The largest absolute Gasteiger partial charge is 0.349 e. The zero-order valence-corrected chi connectivity index (χ0v) is 9.13. The molecule has 0 amide bonds. The molecule has 0 radical (unpaired) electrons. The van der Waals surface area contributed by atoms with E-state index in [0.717, 1.165) is 25.2 Å². The molecule has 1 rings (SSSR count). The molecule has 4 nitrogen and oxygen atoms in total. The van der Waals surface area contributed by atoms with Crippen molar-refractivity contribution >= 4 is 5.95 Å². The van der Waals surface area contributed by atoms with Crippen LogP contribution < -0.4 is 11.1 Å². The van der Waals surface area contributed by atoms with Crippen LogP contribution in [0.3, 0.4) is 0 Å². The Hall–Kier alpha value is -1.23. The predicted molar refractivity (Wildman–Crippen MR) is 58.0 cm³/mol. The summed E-state index contributed by atoms with van der Waals surface area (Å²) in [6.07, 6.45) is 4.02. The van der Waals surface area contributed by atoms with Gasteiger partial charge < -0.3 is 11.1 Å². The van der Waals surface area contributed by atoms with Gasteiger partial charge in [-0.25, -0.2) is 14.4 Å². The number of hydrogen-bond acceptors (Lipinski definition) is 4. The van der Waals surface area contributed by atoms with Crippen LogP contribution in [0.15, 0.2) is 12.4 Å². The highest BCUT2D eigenvalue weighted by Gasteiger charge is 2.21. The number of nitrogens with one attached hydrogen (secondary N) is 1. The van der Waals surface area contributed by atoms with E-state index < -0.39 is 5.82 Å². The molecule has 0 aliphatic carbocycles. The number of rotatable bonds is 5. The second-order valence-corrected chi connectivity index (χ2v) is 3.80. The summed E-state index contributed by atoms with van der Waals surface area (Å²) in [6, 6.07) is 0.